The smallest absolute Gasteiger partial charge is 0.407 e. The van der Waals surface area contributed by atoms with Crippen molar-refractivity contribution in [1.82, 2.24) is 5.32 Å². The number of hydrogen-bond acceptors (Lipinski definition) is 3. The maximum Gasteiger partial charge on any atom is 0.407 e. The van der Waals surface area contributed by atoms with Crippen LogP contribution in [0.5, 0.6) is 0 Å². The van der Waals surface area contributed by atoms with Crippen LogP contribution in [-0.2, 0) is 9.53 Å². The minimum absolute atomic E-state index is 0.132. The molecule has 1 saturated carbocycles. The monoisotopic (exact) mass is 255 g/mol. The number of carbonyl (C=O) groups is 2. The minimum Gasteiger partial charge on any atom is -0.481 e. The van der Waals surface area contributed by atoms with E-state index >= 15 is 0 Å². The molecule has 0 saturated heterocycles. The topological polar surface area (TPSA) is 75.6 Å². The molecule has 0 bridgehead atoms. The third-order valence-electron chi connectivity index (χ3n) is 3.33. The van der Waals surface area contributed by atoms with E-state index in [4.69, 9.17) is 4.74 Å². The molecule has 1 atom stereocenters. The van der Waals surface area contributed by atoms with Crippen molar-refractivity contribution in [2.24, 2.45) is 11.8 Å². The van der Waals surface area contributed by atoms with Crippen molar-refractivity contribution >= 4 is 12.1 Å². The van der Waals surface area contributed by atoms with Crippen LogP contribution in [0, 0.1) is 11.8 Å². The summed E-state index contributed by atoms with van der Waals surface area (Å²) in [6.07, 6.45) is 6.08. The number of ether oxygens (including phenoxy) is 1. The average Bonchev–Trinajstić information content (AvgIpc) is 2.37. The van der Waals surface area contributed by atoms with E-state index in [2.05, 4.69) is 11.9 Å². The molecule has 5 heteroatoms. The molecule has 0 aromatic carbocycles. The van der Waals surface area contributed by atoms with Gasteiger partial charge in [-0.1, -0.05) is 31.9 Å². The van der Waals surface area contributed by atoms with Gasteiger partial charge in [0.2, 0.25) is 0 Å². The van der Waals surface area contributed by atoms with Crippen LogP contribution in [0.2, 0.25) is 0 Å². The van der Waals surface area contributed by atoms with E-state index in [0.29, 0.717) is 0 Å². The zero-order valence-corrected chi connectivity index (χ0v) is 10.6. The molecule has 0 aromatic rings. The van der Waals surface area contributed by atoms with E-state index < -0.39 is 18.0 Å². The van der Waals surface area contributed by atoms with Gasteiger partial charge in [0.05, 0.1) is 5.92 Å². The number of alkyl carbamates (subject to hydrolysis) is 1. The standard InChI is InChI=1S/C13H21NO4/c1-2-8-18-13(17)14-9-11(12(15)16)10-6-4-3-5-7-10/h2,10-11H,1,3-9H2,(H,14,17)(H,15,16). The molecule has 0 radical (unpaired) electrons. The Balaban J connectivity index is 2.40. The van der Waals surface area contributed by atoms with Gasteiger partial charge in [0, 0.05) is 6.54 Å². The van der Waals surface area contributed by atoms with Gasteiger partial charge < -0.3 is 15.2 Å². The zero-order chi connectivity index (χ0) is 13.4. The second-order valence-electron chi connectivity index (χ2n) is 4.61. The van der Waals surface area contributed by atoms with Crippen molar-refractivity contribution in [2.75, 3.05) is 13.2 Å². The molecular formula is C13H21NO4. The molecule has 0 heterocycles. The summed E-state index contributed by atoms with van der Waals surface area (Å²) in [5.74, 6) is -1.19. The van der Waals surface area contributed by atoms with Crippen molar-refractivity contribution in [3.8, 4) is 0 Å². The van der Waals surface area contributed by atoms with Crippen molar-refractivity contribution in [2.45, 2.75) is 32.1 Å². The molecule has 5 nitrogen and oxygen atoms in total. The first-order valence-corrected chi connectivity index (χ1v) is 6.39. The molecule has 1 aliphatic carbocycles. The first-order valence-electron chi connectivity index (χ1n) is 6.39. The zero-order valence-electron chi connectivity index (χ0n) is 10.6. The van der Waals surface area contributed by atoms with Crippen LogP contribution in [0.4, 0.5) is 4.79 Å². The van der Waals surface area contributed by atoms with Crippen molar-refractivity contribution < 1.29 is 19.4 Å². The summed E-state index contributed by atoms with van der Waals surface area (Å²) in [5.41, 5.74) is 0. The lowest BCUT2D eigenvalue weighted by atomic mass is 9.80. The van der Waals surface area contributed by atoms with Crippen LogP contribution in [0.1, 0.15) is 32.1 Å². The molecule has 0 aromatic heterocycles. The first kappa shape index (κ1) is 14.5. The number of nitrogens with one attached hydrogen (secondary N) is 1. The van der Waals surface area contributed by atoms with Gasteiger partial charge in [0.15, 0.2) is 0 Å². The molecule has 1 fully saturated rings. The molecule has 18 heavy (non-hydrogen) atoms. The van der Waals surface area contributed by atoms with Gasteiger partial charge in [-0.3, -0.25) is 4.79 Å². The quantitative estimate of drug-likeness (QED) is 0.713. The highest BCUT2D eigenvalue weighted by Gasteiger charge is 2.29. The van der Waals surface area contributed by atoms with Gasteiger partial charge in [-0.25, -0.2) is 4.79 Å². The number of rotatable bonds is 6. The van der Waals surface area contributed by atoms with E-state index in [-0.39, 0.29) is 19.1 Å². The normalized spacial score (nSPS) is 17.8. The SMILES string of the molecule is C=CCOC(=O)NCC(C(=O)O)C1CCCCC1. The Morgan fingerprint density at radius 3 is 2.61 bits per heavy atom. The van der Waals surface area contributed by atoms with Crippen LogP contribution >= 0.6 is 0 Å². The lowest BCUT2D eigenvalue weighted by Crippen LogP contribution is -2.38. The third kappa shape index (κ3) is 4.77. The summed E-state index contributed by atoms with van der Waals surface area (Å²) in [4.78, 5) is 22.5. The van der Waals surface area contributed by atoms with Crippen LogP contribution < -0.4 is 5.32 Å². The molecule has 0 spiro atoms. The van der Waals surface area contributed by atoms with Gasteiger partial charge in [-0.15, -0.1) is 0 Å². The molecule has 102 valence electrons. The Morgan fingerprint density at radius 1 is 1.39 bits per heavy atom. The second kappa shape index (κ2) is 7.74. The van der Waals surface area contributed by atoms with Crippen molar-refractivity contribution in [3.05, 3.63) is 12.7 Å². The highest BCUT2D eigenvalue weighted by atomic mass is 16.5. The van der Waals surface area contributed by atoms with Crippen molar-refractivity contribution in [1.29, 1.82) is 0 Å². The molecule has 0 aliphatic heterocycles. The number of hydrogen-bond donors (Lipinski definition) is 2. The minimum atomic E-state index is -0.842. The molecule has 1 rings (SSSR count). The highest BCUT2D eigenvalue weighted by molar-refractivity contribution is 5.72. The van der Waals surface area contributed by atoms with Crippen molar-refractivity contribution in [3.63, 3.8) is 0 Å². The Hall–Kier alpha value is -1.52. The Bertz CT molecular complexity index is 297. The van der Waals surface area contributed by atoms with Gasteiger partial charge in [0.1, 0.15) is 6.61 Å². The van der Waals surface area contributed by atoms with E-state index in [0.717, 1.165) is 25.7 Å². The van der Waals surface area contributed by atoms with Crippen LogP contribution in [-0.4, -0.2) is 30.3 Å². The Kier molecular flexibility index (Phi) is 6.25. The third-order valence-corrected chi connectivity index (χ3v) is 3.33. The largest absolute Gasteiger partial charge is 0.481 e. The summed E-state index contributed by atoms with van der Waals surface area (Å²) in [6.45, 7) is 3.70. The summed E-state index contributed by atoms with van der Waals surface area (Å²) in [5, 5.41) is 11.7. The first-order chi connectivity index (χ1) is 8.65. The van der Waals surface area contributed by atoms with Crippen LogP contribution in [0.3, 0.4) is 0 Å². The fourth-order valence-electron chi connectivity index (χ4n) is 2.37. The summed E-state index contributed by atoms with van der Waals surface area (Å²) >= 11 is 0. The van der Waals surface area contributed by atoms with Gasteiger partial charge in [-0.2, -0.15) is 0 Å². The maximum atomic E-state index is 11.2. The predicted molar refractivity (Wildman–Crippen MR) is 67.2 cm³/mol. The number of amides is 1. The Labute approximate surface area is 107 Å². The van der Waals surface area contributed by atoms with E-state index in [1.54, 1.807) is 0 Å². The molecule has 1 aliphatic rings. The number of carboxylic acid groups (broad SMARTS) is 1. The molecular weight excluding hydrogens is 234 g/mol. The van der Waals surface area contributed by atoms with E-state index in [9.17, 15) is 14.7 Å². The second-order valence-corrected chi connectivity index (χ2v) is 4.61. The van der Waals surface area contributed by atoms with E-state index in [1.807, 2.05) is 0 Å². The van der Waals surface area contributed by atoms with E-state index in [1.165, 1.54) is 12.5 Å². The molecule has 1 unspecified atom stereocenters. The summed E-state index contributed by atoms with van der Waals surface area (Å²) < 4.78 is 4.75. The van der Waals surface area contributed by atoms with Gasteiger partial charge in [-0.05, 0) is 18.8 Å². The van der Waals surface area contributed by atoms with Gasteiger partial charge in [0.25, 0.3) is 0 Å². The summed E-state index contributed by atoms with van der Waals surface area (Å²) in [6, 6.07) is 0. The number of carboxylic acids is 1. The Morgan fingerprint density at radius 2 is 2.06 bits per heavy atom. The molecule has 1 amide bonds. The van der Waals surface area contributed by atoms with Crippen LogP contribution in [0.25, 0.3) is 0 Å². The summed E-state index contributed by atoms with van der Waals surface area (Å²) in [7, 11) is 0. The highest BCUT2D eigenvalue weighted by Crippen LogP contribution is 2.29. The lowest BCUT2D eigenvalue weighted by molar-refractivity contribution is -0.143. The lowest BCUT2D eigenvalue weighted by Gasteiger charge is -2.27. The fraction of sp³-hybridized carbons (Fsp3) is 0.692. The average molecular weight is 255 g/mol. The number of carbonyl (C=O) groups excluding carboxylic acids is 1. The maximum absolute atomic E-state index is 11.2. The predicted octanol–water partition coefficient (Wildman–Crippen LogP) is 2.18. The molecule has 2 N–H and O–H groups in total. The number of aliphatic carboxylic acids is 1. The fourth-order valence-corrected chi connectivity index (χ4v) is 2.37. The van der Waals surface area contributed by atoms with Gasteiger partial charge >= 0.3 is 12.1 Å². The van der Waals surface area contributed by atoms with Crippen LogP contribution in [0.15, 0.2) is 12.7 Å².